The minimum absolute atomic E-state index is 0.122. The van der Waals surface area contributed by atoms with Gasteiger partial charge in [0, 0.05) is 6.54 Å². The first-order chi connectivity index (χ1) is 12.7. The molecule has 0 unspecified atom stereocenters. The van der Waals surface area contributed by atoms with E-state index in [-0.39, 0.29) is 30.9 Å². The standard InChI is InChI=1S/C18H20N2O7/c1-18(2,3)26-17(24)19-8-9-25-10-13(19)16(23)27-20-14(21)11-6-4-5-7-12(11)15(20)22/h4-7,13H,8-10H2,1-3H3/t13-/m1/s1. The third kappa shape index (κ3) is 3.77. The predicted molar refractivity (Wildman–Crippen MR) is 90.6 cm³/mol. The van der Waals surface area contributed by atoms with Crippen LogP contribution in [0.15, 0.2) is 24.3 Å². The highest BCUT2D eigenvalue weighted by molar-refractivity contribution is 6.20. The van der Waals surface area contributed by atoms with Crippen LogP contribution in [0.25, 0.3) is 0 Å². The van der Waals surface area contributed by atoms with Crippen molar-refractivity contribution in [2.24, 2.45) is 0 Å². The van der Waals surface area contributed by atoms with E-state index in [0.717, 1.165) is 0 Å². The number of fused-ring (bicyclic) bond motifs is 1. The summed E-state index contributed by atoms with van der Waals surface area (Å²) in [6.45, 7) is 5.35. The first-order valence-corrected chi connectivity index (χ1v) is 8.46. The Morgan fingerprint density at radius 3 is 2.26 bits per heavy atom. The molecule has 3 rings (SSSR count). The topological polar surface area (TPSA) is 102 Å². The number of imide groups is 1. The normalized spacial score (nSPS) is 19.7. The summed E-state index contributed by atoms with van der Waals surface area (Å²) in [5.41, 5.74) is -0.440. The highest BCUT2D eigenvalue weighted by Crippen LogP contribution is 2.24. The summed E-state index contributed by atoms with van der Waals surface area (Å²) in [7, 11) is 0. The molecule has 1 atom stereocenters. The molecule has 0 bridgehead atoms. The summed E-state index contributed by atoms with van der Waals surface area (Å²) in [6.07, 6.45) is -0.699. The Morgan fingerprint density at radius 1 is 1.11 bits per heavy atom. The number of hydrogen-bond donors (Lipinski definition) is 0. The Balaban J connectivity index is 1.74. The van der Waals surface area contributed by atoms with Gasteiger partial charge in [0.1, 0.15) is 5.60 Å². The van der Waals surface area contributed by atoms with Gasteiger partial charge >= 0.3 is 12.1 Å². The fourth-order valence-corrected chi connectivity index (χ4v) is 2.74. The Bertz CT molecular complexity index is 764. The van der Waals surface area contributed by atoms with Crippen molar-refractivity contribution in [3.05, 3.63) is 35.4 Å². The van der Waals surface area contributed by atoms with Crippen LogP contribution >= 0.6 is 0 Å². The van der Waals surface area contributed by atoms with Crippen LogP contribution in [-0.2, 0) is 19.1 Å². The van der Waals surface area contributed by atoms with Crippen molar-refractivity contribution in [2.75, 3.05) is 19.8 Å². The maximum Gasteiger partial charge on any atom is 0.411 e. The van der Waals surface area contributed by atoms with Gasteiger partial charge in [0.25, 0.3) is 11.8 Å². The average molecular weight is 376 g/mol. The molecule has 0 saturated carbocycles. The molecular formula is C18H20N2O7. The fourth-order valence-electron chi connectivity index (χ4n) is 2.74. The van der Waals surface area contributed by atoms with Crippen LogP contribution in [0.2, 0.25) is 0 Å². The molecule has 0 radical (unpaired) electrons. The van der Waals surface area contributed by atoms with Gasteiger partial charge in [-0.15, -0.1) is 0 Å². The number of ether oxygens (including phenoxy) is 2. The number of hydrogen-bond acceptors (Lipinski definition) is 7. The van der Waals surface area contributed by atoms with Gasteiger partial charge in [0.2, 0.25) is 0 Å². The third-order valence-corrected chi connectivity index (χ3v) is 3.97. The molecule has 1 saturated heterocycles. The summed E-state index contributed by atoms with van der Waals surface area (Å²) in [5, 5.41) is 0.412. The van der Waals surface area contributed by atoms with Crippen molar-refractivity contribution in [3.8, 4) is 0 Å². The minimum atomic E-state index is -1.13. The van der Waals surface area contributed by atoms with Crippen molar-refractivity contribution >= 4 is 23.9 Å². The monoisotopic (exact) mass is 376 g/mol. The van der Waals surface area contributed by atoms with Crippen LogP contribution in [0.3, 0.4) is 0 Å². The van der Waals surface area contributed by atoms with E-state index in [2.05, 4.69) is 0 Å². The number of morpholine rings is 1. The highest BCUT2D eigenvalue weighted by atomic mass is 16.7. The van der Waals surface area contributed by atoms with E-state index in [0.29, 0.717) is 5.06 Å². The van der Waals surface area contributed by atoms with Crippen LogP contribution in [0.4, 0.5) is 4.79 Å². The van der Waals surface area contributed by atoms with Crippen LogP contribution in [0, 0.1) is 0 Å². The van der Waals surface area contributed by atoms with E-state index in [1.165, 1.54) is 17.0 Å². The molecule has 9 nitrogen and oxygen atoms in total. The molecule has 27 heavy (non-hydrogen) atoms. The van der Waals surface area contributed by atoms with Crippen LogP contribution < -0.4 is 0 Å². The zero-order valence-electron chi connectivity index (χ0n) is 15.3. The molecule has 3 amide bonds. The molecule has 0 aromatic heterocycles. The molecule has 0 aliphatic carbocycles. The molecule has 144 valence electrons. The molecule has 2 aliphatic heterocycles. The van der Waals surface area contributed by atoms with Crippen molar-refractivity contribution in [1.29, 1.82) is 0 Å². The lowest BCUT2D eigenvalue weighted by Gasteiger charge is -2.35. The first kappa shape index (κ1) is 18.8. The maximum atomic E-state index is 12.6. The second-order valence-corrected chi connectivity index (χ2v) is 7.13. The SMILES string of the molecule is CC(C)(C)OC(=O)N1CCOC[C@@H]1C(=O)ON1C(=O)c2ccccc2C1=O. The van der Waals surface area contributed by atoms with Crippen LogP contribution in [-0.4, -0.2) is 65.2 Å². The largest absolute Gasteiger partial charge is 0.444 e. The quantitative estimate of drug-likeness (QED) is 0.719. The summed E-state index contributed by atoms with van der Waals surface area (Å²) in [5.74, 6) is -2.41. The lowest BCUT2D eigenvalue weighted by atomic mass is 10.1. The maximum absolute atomic E-state index is 12.6. The average Bonchev–Trinajstić information content (AvgIpc) is 2.85. The van der Waals surface area contributed by atoms with Gasteiger partial charge in [-0.1, -0.05) is 17.2 Å². The van der Waals surface area contributed by atoms with Gasteiger partial charge in [0.05, 0.1) is 24.3 Å². The molecule has 0 N–H and O–H groups in total. The summed E-state index contributed by atoms with van der Waals surface area (Å²) >= 11 is 0. The van der Waals surface area contributed by atoms with Crippen LogP contribution in [0.1, 0.15) is 41.5 Å². The molecule has 2 heterocycles. The predicted octanol–water partition coefficient (Wildman–Crippen LogP) is 1.38. The van der Waals surface area contributed by atoms with E-state index in [1.807, 2.05) is 0 Å². The Labute approximate surface area is 155 Å². The van der Waals surface area contributed by atoms with E-state index in [1.54, 1.807) is 32.9 Å². The van der Waals surface area contributed by atoms with E-state index in [4.69, 9.17) is 14.3 Å². The molecule has 0 spiro atoms. The molecule has 9 heteroatoms. The first-order valence-electron chi connectivity index (χ1n) is 8.46. The number of amides is 3. The number of nitrogens with zero attached hydrogens (tertiary/aromatic N) is 2. The molecule has 1 aromatic rings. The van der Waals surface area contributed by atoms with Gasteiger partial charge in [0.15, 0.2) is 6.04 Å². The van der Waals surface area contributed by atoms with Gasteiger partial charge in [-0.05, 0) is 32.9 Å². The molecule has 1 aromatic carbocycles. The molecule has 2 aliphatic rings. The minimum Gasteiger partial charge on any atom is -0.444 e. The van der Waals surface area contributed by atoms with Crippen molar-refractivity contribution in [2.45, 2.75) is 32.4 Å². The Kier molecular flexibility index (Phi) is 4.88. The lowest BCUT2D eigenvalue weighted by molar-refractivity contribution is -0.179. The molecular weight excluding hydrogens is 356 g/mol. The van der Waals surface area contributed by atoms with Crippen molar-refractivity contribution < 1.29 is 33.5 Å². The number of rotatable bonds is 2. The number of carbonyl (C=O) groups is 4. The smallest absolute Gasteiger partial charge is 0.411 e. The van der Waals surface area contributed by atoms with Crippen LogP contribution in [0.5, 0.6) is 0 Å². The van der Waals surface area contributed by atoms with E-state index < -0.39 is 35.5 Å². The molecule has 1 fully saturated rings. The number of carbonyl (C=O) groups excluding carboxylic acids is 4. The fraction of sp³-hybridized carbons (Fsp3) is 0.444. The highest BCUT2D eigenvalue weighted by Gasteiger charge is 2.43. The van der Waals surface area contributed by atoms with E-state index >= 15 is 0 Å². The Morgan fingerprint density at radius 2 is 1.70 bits per heavy atom. The summed E-state index contributed by atoms with van der Waals surface area (Å²) in [4.78, 5) is 55.8. The van der Waals surface area contributed by atoms with Crippen molar-refractivity contribution in [1.82, 2.24) is 9.96 Å². The number of hydroxylamine groups is 2. The zero-order chi connectivity index (χ0) is 19.8. The van der Waals surface area contributed by atoms with Gasteiger partial charge in [-0.25, -0.2) is 9.59 Å². The lowest BCUT2D eigenvalue weighted by Crippen LogP contribution is -2.55. The number of benzene rings is 1. The van der Waals surface area contributed by atoms with Gasteiger partial charge < -0.3 is 14.3 Å². The summed E-state index contributed by atoms with van der Waals surface area (Å²) < 4.78 is 10.6. The second kappa shape index (κ2) is 6.99. The second-order valence-electron chi connectivity index (χ2n) is 7.13. The van der Waals surface area contributed by atoms with E-state index in [9.17, 15) is 19.2 Å². The van der Waals surface area contributed by atoms with Gasteiger partial charge in [-0.2, -0.15) is 0 Å². The Hall–Kier alpha value is -2.94. The summed E-state index contributed by atoms with van der Waals surface area (Å²) in [6, 6.07) is 5.03. The zero-order valence-corrected chi connectivity index (χ0v) is 15.3. The third-order valence-electron chi connectivity index (χ3n) is 3.97. The van der Waals surface area contributed by atoms with Gasteiger partial charge in [-0.3, -0.25) is 14.5 Å². The van der Waals surface area contributed by atoms with Crippen molar-refractivity contribution in [3.63, 3.8) is 0 Å².